The van der Waals surface area contributed by atoms with Crippen molar-refractivity contribution in [2.75, 3.05) is 36.8 Å². The Morgan fingerprint density at radius 2 is 1.90 bits per heavy atom. The maximum absolute atomic E-state index is 12.7. The number of nitrogens with one attached hydrogen (secondary N) is 2. The first-order valence-corrected chi connectivity index (χ1v) is 11.8. The van der Waals surface area contributed by atoms with Crippen LogP contribution in [-0.2, 0) is 0 Å². The number of aromatic nitrogens is 3. The molecule has 1 saturated heterocycles. The van der Waals surface area contributed by atoms with Crippen LogP contribution in [0.2, 0.25) is 0 Å². The number of halogens is 1. The third-order valence-electron chi connectivity index (χ3n) is 6.14. The molecule has 1 saturated carbocycles. The summed E-state index contributed by atoms with van der Waals surface area (Å²) < 4.78 is 1.78. The van der Waals surface area contributed by atoms with E-state index >= 15 is 0 Å². The van der Waals surface area contributed by atoms with Crippen molar-refractivity contribution in [2.45, 2.75) is 18.9 Å². The van der Waals surface area contributed by atoms with Crippen LogP contribution in [0, 0.1) is 0 Å². The van der Waals surface area contributed by atoms with Crippen LogP contribution in [0.25, 0.3) is 32.6 Å². The highest BCUT2D eigenvalue weighted by atomic mass is 79.9. The fraction of sp³-hybridized carbons (Fsp3) is 0.333. The third-order valence-corrected chi connectivity index (χ3v) is 7.81. The topological polar surface area (TPSA) is 94.0 Å². The van der Waals surface area contributed by atoms with Crippen LogP contribution in [0.3, 0.4) is 0 Å². The van der Waals surface area contributed by atoms with Gasteiger partial charge in [-0.05, 0) is 53.0 Å². The SMILES string of the molecule is Nc1c(-c2nc3ccc(N4CCN(C5CC5)CC4)cc3[nH]2)c(=O)[nH]c2cc(Br)sc12. The Balaban J connectivity index is 1.35. The summed E-state index contributed by atoms with van der Waals surface area (Å²) in [6.07, 6.45) is 2.72. The number of imidazole rings is 1. The summed E-state index contributed by atoms with van der Waals surface area (Å²) in [5, 5.41) is 0. The maximum Gasteiger partial charge on any atom is 0.261 e. The summed E-state index contributed by atoms with van der Waals surface area (Å²) in [7, 11) is 0. The van der Waals surface area contributed by atoms with Gasteiger partial charge in [-0.3, -0.25) is 9.69 Å². The molecule has 4 heterocycles. The average Bonchev–Trinajstić information content (AvgIpc) is 3.40. The predicted molar refractivity (Wildman–Crippen MR) is 126 cm³/mol. The highest BCUT2D eigenvalue weighted by Gasteiger charge is 2.31. The molecular formula is C21H21BrN6OS. The van der Waals surface area contributed by atoms with Crippen molar-refractivity contribution in [1.82, 2.24) is 19.9 Å². The van der Waals surface area contributed by atoms with E-state index < -0.39 is 0 Å². The normalized spacial score (nSPS) is 18.0. The molecule has 6 rings (SSSR count). The Bertz CT molecular complexity index is 1330. The van der Waals surface area contributed by atoms with E-state index in [-0.39, 0.29) is 5.56 Å². The number of nitrogen functional groups attached to an aromatic ring is 1. The number of hydrogen-bond donors (Lipinski definition) is 3. The summed E-state index contributed by atoms with van der Waals surface area (Å²) in [5.74, 6) is 0.505. The quantitative estimate of drug-likeness (QED) is 0.411. The van der Waals surface area contributed by atoms with E-state index in [0.717, 1.165) is 57.3 Å². The van der Waals surface area contributed by atoms with E-state index in [1.807, 2.05) is 12.1 Å². The van der Waals surface area contributed by atoms with Crippen molar-refractivity contribution in [3.05, 3.63) is 38.4 Å². The molecule has 30 heavy (non-hydrogen) atoms. The number of fused-ring (bicyclic) bond motifs is 2. The van der Waals surface area contributed by atoms with E-state index in [4.69, 9.17) is 5.73 Å². The summed E-state index contributed by atoms with van der Waals surface area (Å²) in [4.78, 5) is 28.7. The van der Waals surface area contributed by atoms with Gasteiger partial charge in [-0.2, -0.15) is 0 Å². The van der Waals surface area contributed by atoms with Gasteiger partial charge in [0, 0.05) is 37.9 Å². The van der Waals surface area contributed by atoms with Gasteiger partial charge in [0.25, 0.3) is 5.56 Å². The first kappa shape index (κ1) is 18.4. The summed E-state index contributed by atoms with van der Waals surface area (Å²) in [6.45, 7) is 4.33. The van der Waals surface area contributed by atoms with Gasteiger partial charge in [0.05, 0.1) is 30.7 Å². The van der Waals surface area contributed by atoms with Crippen LogP contribution in [0.1, 0.15) is 12.8 Å². The second-order valence-corrected chi connectivity index (χ2v) is 10.5. The van der Waals surface area contributed by atoms with Gasteiger partial charge in [-0.15, -0.1) is 11.3 Å². The number of anilines is 2. The molecule has 0 amide bonds. The number of nitrogens with zero attached hydrogens (tertiary/aromatic N) is 3. The van der Waals surface area contributed by atoms with Gasteiger partial charge in [0.1, 0.15) is 11.4 Å². The monoisotopic (exact) mass is 484 g/mol. The summed E-state index contributed by atoms with van der Waals surface area (Å²) in [5.41, 5.74) is 10.7. The number of benzene rings is 1. The van der Waals surface area contributed by atoms with Crippen LogP contribution in [-0.4, -0.2) is 52.1 Å². The number of hydrogen-bond acceptors (Lipinski definition) is 6. The molecule has 0 spiro atoms. The molecule has 0 radical (unpaired) electrons. The second-order valence-electron chi connectivity index (χ2n) is 8.08. The Labute approximate surface area is 185 Å². The number of pyridine rings is 1. The highest BCUT2D eigenvalue weighted by Crippen LogP contribution is 2.36. The van der Waals surface area contributed by atoms with Crippen LogP contribution >= 0.6 is 27.3 Å². The molecule has 0 unspecified atom stereocenters. The lowest BCUT2D eigenvalue weighted by Gasteiger charge is -2.36. The first-order chi connectivity index (χ1) is 14.6. The van der Waals surface area contributed by atoms with Crippen LogP contribution in [0.5, 0.6) is 0 Å². The molecule has 1 aliphatic heterocycles. The van der Waals surface area contributed by atoms with Crippen molar-refractivity contribution >= 4 is 59.9 Å². The van der Waals surface area contributed by atoms with Crippen molar-refractivity contribution in [3.63, 3.8) is 0 Å². The number of piperazine rings is 1. The Kier molecular flexibility index (Phi) is 4.19. The lowest BCUT2D eigenvalue weighted by atomic mass is 10.2. The Morgan fingerprint density at radius 3 is 2.67 bits per heavy atom. The van der Waals surface area contributed by atoms with Gasteiger partial charge in [-0.1, -0.05) is 0 Å². The number of aromatic amines is 2. The minimum atomic E-state index is -0.235. The maximum atomic E-state index is 12.7. The zero-order valence-corrected chi connectivity index (χ0v) is 18.6. The molecule has 1 aromatic carbocycles. The lowest BCUT2D eigenvalue weighted by Crippen LogP contribution is -2.47. The van der Waals surface area contributed by atoms with Crippen molar-refractivity contribution < 1.29 is 0 Å². The van der Waals surface area contributed by atoms with E-state index in [1.54, 1.807) is 0 Å². The number of thiophene rings is 1. The van der Waals surface area contributed by atoms with E-state index in [0.29, 0.717) is 17.1 Å². The Morgan fingerprint density at radius 1 is 1.10 bits per heavy atom. The molecule has 0 atom stereocenters. The molecule has 0 bridgehead atoms. The standard InChI is InChI=1S/C21H21BrN6OS/c22-16-10-15-19(30-16)18(23)17(21(29)26-15)20-24-13-4-3-12(9-14(13)25-20)28-7-5-27(6-8-28)11-1-2-11/h3-4,9-11H,1-2,5-8H2,(H,24,25)(H3,23,26,29). The molecule has 2 fully saturated rings. The van der Waals surface area contributed by atoms with Gasteiger partial charge in [0.2, 0.25) is 0 Å². The fourth-order valence-electron chi connectivity index (χ4n) is 4.41. The molecule has 3 aromatic heterocycles. The zero-order chi connectivity index (χ0) is 20.4. The average molecular weight is 485 g/mol. The van der Waals surface area contributed by atoms with Crippen LogP contribution in [0.15, 0.2) is 32.8 Å². The molecule has 4 N–H and O–H groups in total. The molecule has 2 aliphatic rings. The highest BCUT2D eigenvalue weighted by molar-refractivity contribution is 9.11. The van der Waals surface area contributed by atoms with Crippen molar-refractivity contribution in [2.24, 2.45) is 0 Å². The Hall–Kier alpha value is -2.36. The predicted octanol–water partition coefficient (Wildman–Crippen LogP) is 3.76. The molecule has 154 valence electrons. The van der Waals surface area contributed by atoms with Gasteiger partial charge in [0.15, 0.2) is 0 Å². The summed E-state index contributed by atoms with van der Waals surface area (Å²) >= 11 is 4.96. The van der Waals surface area contributed by atoms with Gasteiger partial charge >= 0.3 is 0 Å². The van der Waals surface area contributed by atoms with Gasteiger partial charge < -0.3 is 20.6 Å². The van der Waals surface area contributed by atoms with Crippen molar-refractivity contribution in [3.8, 4) is 11.4 Å². The number of H-pyrrole nitrogens is 2. The lowest BCUT2D eigenvalue weighted by molar-refractivity contribution is 0.248. The van der Waals surface area contributed by atoms with Gasteiger partial charge in [-0.25, -0.2) is 4.98 Å². The number of rotatable bonds is 3. The largest absolute Gasteiger partial charge is 0.397 e. The molecule has 9 heteroatoms. The molecular weight excluding hydrogens is 464 g/mol. The number of nitrogens with two attached hydrogens (primary N) is 1. The minimum Gasteiger partial charge on any atom is -0.397 e. The van der Waals surface area contributed by atoms with E-state index in [2.05, 4.69) is 52.8 Å². The second kappa shape index (κ2) is 6.83. The van der Waals surface area contributed by atoms with Crippen molar-refractivity contribution in [1.29, 1.82) is 0 Å². The fourth-order valence-corrected chi connectivity index (χ4v) is 5.93. The smallest absolute Gasteiger partial charge is 0.261 e. The van der Waals surface area contributed by atoms with E-state index in [1.165, 1.54) is 29.9 Å². The van der Waals surface area contributed by atoms with Crippen LogP contribution < -0.4 is 16.2 Å². The third kappa shape index (κ3) is 3.03. The molecule has 7 nitrogen and oxygen atoms in total. The zero-order valence-electron chi connectivity index (χ0n) is 16.2. The minimum absolute atomic E-state index is 0.235. The molecule has 1 aliphatic carbocycles. The molecule has 4 aromatic rings. The van der Waals surface area contributed by atoms with Crippen LogP contribution in [0.4, 0.5) is 11.4 Å². The first-order valence-electron chi connectivity index (χ1n) is 10.2. The van der Waals surface area contributed by atoms with E-state index in [9.17, 15) is 4.79 Å². The summed E-state index contributed by atoms with van der Waals surface area (Å²) in [6, 6.07) is 8.96.